The summed E-state index contributed by atoms with van der Waals surface area (Å²) in [6.45, 7) is 3.25. The highest BCUT2D eigenvalue weighted by atomic mass is 32.1. The van der Waals surface area contributed by atoms with Gasteiger partial charge < -0.3 is 10.2 Å². The molecule has 1 heterocycles. The van der Waals surface area contributed by atoms with E-state index in [9.17, 15) is 4.79 Å². The summed E-state index contributed by atoms with van der Waals surface area (Å²) in [6, 6.07) is 8.85. The van der Waals surface area contributed by atoms with Crippen LogP contribution in [-0.2, 0) is 4.79 Å². The Balaban J connectivity index is 1.63. The second-order valence-corrected chi connectivity index (χ2v) is 5.89. The summed E-state index contributed by atoms with van der Waals surface area (Å²) in [5.41, 5.74) is 1.02. The first-order chi connectivity index (χ1) is 9.28. The topological polar surface area (TPSA) is 32.3 Å². The number of amides is 1. The number of carbonyl (C=O) groups is 1. The molecule has 1 amide bonds. The van der Waals surface area contributed by atoms with Gasteiger partial charge in [0.15, 0.2) is 0 Å². The van der Waals surface area contributed by atoms with Gasteiger partial charge in [0, 0.05) is 23.0 Å². The third-order valence-corrected chi connectivity index (χ3v) is 4.44. The zero-order chi connectivity index (χ0) is 13.2. The summed E-state index contributed by atoms with van der Waals surface area (Å²) in [7, 11) is 0. The third kappa shape index (κ3) is 2.73. The quantitative estimate of drug-likeness (QED) is 0.907. The maximum atomic E-state index is 12.1. The van der Waals surface area contributed by atoms with Gasteiger partial charge in [0.25, 0.3) is 0 Å². The Morgan fingerprint density at radius 1 is 1.42 bits per heavy atom. The normalized spacial score (nSPS) is 14.6. The molecule has 1 aliphatic rings. The van der Waals surface area contributed by atoms with Gasteiger partial charge in [-0.2, -0.15) is 0 Å². The lowest BCUT2D eigenvalue weighted by Crippen LogP contribution is -2.37. The van der Waals surface area contributed by atoms with Crippen LogP contribution in [0.3, 0.4) is 0 Å². The minimum absolute atomic E-state index is 0.204. The van der Waals surface area contributed by atoms with Gasteiger partial charge in [-0.05, 0) is 54.8 Å². The molecule has 1 aliphatic carbocycles. The first-order valence-electron chi connectivity index (χ1n) is 6.78. The van der Waals surface area contributed by atoms with Crippen molar-refractivity contribution in [3.05, 3.63) is 29.6 Å². The van der Waals surface area contributed by atoms with Gasteiger partial charge >= 0.3 is 0 Å². The Hall–Kier alpha value is -1.55. The molecule has 2 aromatic rings. The number of fused-ring (bicyclic) bond motifs is 1. The van der Waals surface area contributed by atoms with Crippen molar-refractivity contribution in [3.8, 4) is 0 Å². The predicted octanol–water partition coefficient (Wildman–Crippen LogP) is 3.32. The minimum Gasteiger partial charge on any atom is -0.376 e. The fraction of sp³-hybridized carbons (Fsp3) is 0.400. The van der Waals surface area contributed by atoms with Crippen LogP contribution in [0.15, 0.2) is 29.6 Å². The summed E-state index contributed by atoms with van der Waals surface area (Å²) < 4.78 is 1.28. The van der Waals surface area contributed by atoms with E-state index >= 15 is 0 Å². The minimum atomic E-state index is 0.204. The Kier molecular flexibility index (Phi) is 3.42. The number of benzene rings is 1. The average molecular weight is 274 g/mol. The van der Waals surface area contributed by atoms with E-state index in [2.05, 4.69) is 28.9 Å². The highest BCUT2D eigenvalue weighted by Crippen LogP contribution is 2.27. The molecule has 4 heteroatoms. The van der Waals surface area contributed by atoms with Gasteiger partial charge in [0.2, 0.25) is 5.91 Å². The summed E-state index contributed by atoms with van der Waals surface area (Å²) in [4.78, 5) is 14.1. The van der Waals surface area contributed by atoms with Crippen LogP contribution >= 0.6 is 11.3 Å². The molecule has 1 aromatic carbocycles. The largest absolute Gasteiger partial charge is 0.376 e. The fourth-order valence-corrected chi connectivity index (χ4v) is 3.15. The van der Waals surface area contributed by atoms with Gasteiger partial charge in [-0.15, -0.1) is 11.3 Å². The van der Waals surface area contributed by atoms with E-state index in [1.807, 2.05) is 17.9 Å². The molecule has 1 N–H and O–H groups in total. The van der Waals surface area contributed by atoms with Crippen LogP contribution in [0.4, 0.5) is 5.69 Å². The average Bonchev–Trinajstić information content (AvgIpc) is 3.14. The number of nitrogens with zero attached hydrogens (tertiary/aromatic N) is 1. The molecule has 1 fully saturated rings. The lowest BCUT2D eigenvalue weighted by Gasteiger charge is -2.20. The molecule has 1 saturated carbocycles. The molecule has 0 bridgehead atoms. The van der Waals surface area contributed by atoms with E-state index in [0.29, 0.717) is 12.6 Å². The third-order valence-electron chi connectivity index (χ3n) is 3.54. The molecular formula is C15H18N2OS. The smallest absolute Gasteiger partial charge is 0.242 e. The van der Waals surface area contributed by atoms with Crippen molar-refractivity contribution in [2.24, 2.45) is 0 Å². The van der Waals surface area contributed by atoms with Gasteiger partial charge in [0.05, 0.1) is 6.54 Å². The van der Waals surface area contributed by atoms with Crippen LogP contribution in [0, 0.1) is 0 Å². The summed E-state index contributed by atoms with van der Waals surface area (Å²) in [5, 5.41) is 6.56. The van der Waals surface area contributed by atoms with E-state index < -0.39 is 0 Å². The molecule has 3 rings (SSSR count). The summed E-state index contributed by atoms with van der Waals surface area (Å²) >= 11 is 1.74. The molecule has 100 valence electrons. The first kappa shape index (κ1) is 12.5. The van der Waals surface area contributed by atoms with Crippen LogP contribution in [-0.4, -0.2) is 29.9 Å². The molecule has 0 radical (unpaired) electrons. The van der Waals surface area contributed by atoms with Crippen molar-refractivity contribution in [2.75, 3.05) is 18.4 Å². The highest BCUT2D eigenvalue weighted by Gasteiger charge is 2.30. The lowest BCUT2D eigenvalue weighted by atomic mass is 10.2. The second kappa shape index (κ2) is 5.21. The molecule has 0 unspecified atom stereocenters. The van der Waals surface area contributed by atoms with Crippen molar-refractivity contribution < 1.29 is 4.79 Å². The van der Waals surface area contributed by atoms with E-state index in [-0.39, 0.29) is 5.91 Å². The van der Waals surface area contributed by atoms with Gasteiger partial charge in [-0.25, -0.2) is 0 Å². The molecule has 1 aromatic heterocycles. The zero-order valence-electron chi connectivity index (χ0n) is 11.1. The van der Waals surface area contributed by atoms with Crippen LogP contribution in [0.25, 0.3) is 10.1 Å². The first-order valence-corrected chi connectivity index (χ1v) is 7.66. The van der Waals surface area contributed by atoms with E-state index in [1.54, 1.807) is 11.3 Å². The number of thiophene rings is 1. The van der Waals surface area contributed by atoms with Gasteiger partial charge in [-0.3, -0.25) is 4.79 Å². The van der Waals surface area contributed by atoms with Crippen molar-refractivity contribution in [3.63, 3.8) is 0 Å². The molecule has 19 heavy (non-hydrogen) atoms. The number of nitrogens with one attached hydrogen (secondary N) is 1. The number of carbonyl (C=O) groups excluding carboxylic acids is 1. The molecule has 0 aliphatic heterocycles. The van der Waals surface area contributed by atoms with Crippen molar-refractivity contribution in [1.29, 1.82) is 0 Å². The SMILES string of the molecule is CCN(C(=O)CNc1ccc2sccc2c1)C1CC1. The summed E-state index contributed by atoms with van der Waals surface area (Å²) in [6.07, 6.45) is 2.33. The molecule has 0 atom stereocenters. The Morgan fingerprint density at radius 2 is 2.26 bits per heavy atom. The van der Waals surface area contributed by atoms with Crippen LogP contribution in [0.5, 0.6) is 0 Å². The molecule has 0 spiro atoms. The number of likely N-dealkylation sites (N-methyl/N-ethyl adjacent to an activating group) is 1. The van der Waals surface area contributed by atoms with Crippen LogP contribution in [0.1, 0.15) is 19.8 Å². The number of hydrogen-bond donors (Lipinski definition) is 1. The fourth-order valence-electron chi connectivity index (χ4n) is 2.38. The van der Waals surface area contributed by atoms with Crippen LogP contribution < -0.4 is 5.32 Å². The number of anilines is 1. The summed E-state index contributed by atoms with van der Waals surface area (Å²) in [5.74, 6) is 0.204. The van der Waals surface area contributed by atoms with E-state index in [4.69, 9.17) is 0 Å². The maximum absolute atomic E-state index is 12.1. The molecule has 3 nitrogen and oxygen atoms in total. The van der Waals surface area contributed by atoms with Gasteiger partial charge in [-0.1, -0.05) is 0 Å². The van der Waals surface area contributed by atoms with Gasteiger partial charge in [0.1, 0.15) is 0 Å². The van der Waals surface area contributed by atoms with Crippen molar-refractivity contribution in [1.82, 2.24) is 4.90 Å². The van der Waals surface area contributed by atoms with E-state index in [0.717, 1.165) is 12.2 Å². The van der Waals surface area contributed by atoms with Crippen molar-refractivity contribution >= 4 is 33.0 Å². The standard InChI is InChI=1S/C15H18N2OS/c1-2-17(13-4-5-13)15(18)10-16-12-3-6-14-11(9-12)7-8-19-14/h3,6-9,13,16H,2,4-5,10H2,1H3. The monoisotopic (exact) mass is 274 g/mol. The zero-order valence-corrected chi connectivity index (χ0v) is 11.9. The Labute approximate surface area is 117 Å². The predicted molar refractivity (Wildman–Crippen MR) is 80.7 cm³/mol. The lowest BCUT2D eigenvalue weighted by molar-refractivity contribution is -0.129. The maximum Gasteiger partial charge on any atom is 0.242 e. The van der Waals surface area contributed by atoms with Crippen molar-refractivity contribution in [2.45, 2.75) is 25.8 Å². The second-order valence-electron chi connectivity index (χ2n) is 4.94. The Morgan fingerprint density at radius 3 is 3.00 bits per heavy atom. The number of hydrogen-bond acceptors (Lipinski definition) is 3. The molecular weight excluding hydrogens is 256 g/mol. The van der Waals surface area contributed by atoms with E-state index in [1.165, 1.54) is 22.9 Å². The van der Waals surface area contributed by atoms with Crippen LogP contribution in [0.2, 0.25) is 0 Å². The Bertz CT molecular complexity index is 589. The highest BCUT2D eigenvalue weighted by molar-refractivity contribution is 7.17. The number of rotatable bonds is 5. The molecule has 0 saturated heterocycles.